The van der Waals surface area contributed by atoms with Gasteiger partial charge in [0.15, 0.2) is 0 Å². The molecule has 0 heterocycles. The third-order valence-corrected chi connectivity index (χ3v) is 2.73. The molecule has 2 N–H and O–H groups in total. The lowest BCUT2D eigenvalue weighted by Gasteiger charge is -2.08. The summed E-state index contributed by atoms with van der Waals surface area (Å²) in [5.41, 5.74) is 0.279. The van der Waals surface area contributed by atoms with Crippen LogP contribution in [0.4, 0.5) is 25.8 Å². The van der Waals surface area contributed by atoms with Gasteiger partial charge in [-0.1, -0.05) is 0 Å². The molecule has 1 amide bonds. The number of anilines is 2. The molecule has 0 unspecified atom stereocenters. The van der Waals surface area contributed by atoms with E-state index in [0.29, 0.717) is 11.8 Å². The van der Waals surface area contributed by atoms with E-state index >= 15 is 0 Å². The summed E-state index contributed by atoms with van der Waals surface area (Å²) < 4.78 is 26.1. The topological polar surface area (TPSA) is 84.3 Å². The second-order valence-electron chi connectivity index (χ2n) is 4.33. The molecule has 6 nitrogen and oxygen atoms in total. The number of hydrogen-bond donors (Lipinski definition) is 2. The first-order valence-electron chi connectivity index (χ1n) is 6.19. The van der Waals surface area contributed by atoms with Gasteiger partial charge < -0.3 is 10.6 Å². The van der Waals surface area contributed by atoms with Crippen LogP contribution in [-0.2, 0) is 4.79 Å². The number of halogens is 2. The van der Waals surface area contributed by atoms with Crippen LogP contribution in [0, 0.1) is 21.7 Å². The summed E-state index contributed by atoms with van der Waals surface area (Å²) >= 11 is 0. The van der Waals surface area contributed by atoms with Gasteiger partial charge in [0.1, 0.15) is 11.6 Å². The molecular weight excluding hydrogens is 296 g/mol. The van der Waals surface area contributed by atoms with Crippen LogP contribution in [0.2, 0.25) is 0 Å². The third kappa shape index (κ3) is 3.98. The van der Waals surface area contributed by atoms with Gasteiger partial charge in [0.05, 0.1) is 17.2 Å². The fourth-order valence-electron chi connectivity index (χ4n) is 1.68. The molecular formula is C14H11F2N3O3. The SMILES string of the molecule is O=C(CNc1ccc(F)cc1F)Nc1ccc([N+](=O)[O-])cc1. The van der Waals surface area contributed by atoms with Gasteiger partial charge in [0.25, 0.3) is 5.69 Å². The molecule has 22 heavy (non-hydrogen) atoms. The van der Waals surface area contributed by atoms with Gasteiger partial charge in [-0.2, -0.15) is 0 Å². The number of nitrogens with zero attached hydrogens (tertiary/aromatic N) is 1. The van der Waals surface area contributed by atoms with Gasteiger partial charge >= 0.3 is 0 Å². The third-order valence-electron chi connectivity index (χ3n) is 2.73. The van der Waals surface area contributed by atoms with Crippen molar-refractivity contribution < 1.29 is 18.5 Å². The van der Waals surface area contributed by atoms with Gasteiger partial charge in [0, 0.05) is 23.9 Å². The first-order valence-corrected chi connectivity index (χ1v) is 6.19. The van der Waals surface area contributed by atoms with Gasteiger partial charge in [0.2, 0.25) is 5.91 Å². The normalized spacial score (nSPS) is 10.1. The van der Waals surface area contributed by atoms with E-state index in [0.717, 1.165) is 6.07 Å². The minimum Gasteiger partial charge on any atom is -0.374 e. The monoisotopic (exact) mass is 307 g/mol. The molecule has 0 bridgehead atoms. The molecule has 0 atom stereocenters. The number of amides is 1. The van der Waals surface area contributed by atoms with Crippen molar-refractivity contribution >= 4 is 23.0 Å². The number of hydrogen-bond acceptors (Lipinski definition) is 4. The summed E-state index contributed by atoms with van der Waals surface area (Å²) in [6.45, 7) is -0.237. The Morgan fingerprint density at radius 2 is 1.82 bits per heavy atom. The average molecular weight is 307 g/mol. The number of carbonyl (C=O) groups excluding carboxylic acids is 1. The quantitative estimate of drug-likeness (QED) is 0.657. The predicted octanol–water partition coefficient (Wildman–Crippen LogP) is 2.92. The Morgan fingerprint density at radius 3 is 2.41 bits per heavy atom. The van der Waals surface area contributed by atoms with Crippen molar-refractivity contribution in [2.45, 2.75) is 0 Å². The van der Waals surface area contributed by atoms with E-state index in [1.165, 1.54) is 30.3 Å². The number of rotatable bonds is 5. The molecule has 0 saturated carbocycles. The van der Waals surface area contributed by atoms with Gasteiger partial charge in [-0.3, -0.25) is 14.9 Å². The molecule has 0 aliphatic carbocycles. The Balaban J connectivity index is 1.91. The lowest BCUT2D eigenvalue weighted by Crippen LogP contribution is -2.22. The van der Waals surface area contributed by atoms with Gasteiger partial charge in [-0.05, 0) is 24.3 Å². The van der Waals surface area contributed by atoms with Crippen LogP contribution in [0.1, 0.15) is 0 Å². The smallest absolute Gasteiger partial charge is 0.269 e. The molecule has 2 aromatic carbocycles. The van der Waals surface area contributed by atoms with Crippen LogP contribution < -0.4 is 10.6 Å². The zero-order valence-electron chi connectivity index (χ0n) is 11.2. The molecule has 0 spiro atoms. The first kappa shape index (κ1) is 15.4. The van der Waals surface area contributed by atoms with Gasteiger partial charge in [-0.25, -0.2) is 8.78 Å². The number of carbonyl (C=O) groups is 1. The molecule has 0 aliphatic rings. The van der Waals surface area contributed by atoms with E-state index in [-0.39, 0.29) is 17.9 Å². The fourth-order valence-corrected chi connectivity index (χ4v) is 1.68. The number of nitro groups is 1. The lowest BCUT2D eigenvalue weighted by atomic mass is 10.2. The maximum absolute atomic E-state index is 13.3. The highest BCUT2D eigenvalue weighted by molar-refractivity contribution is 5.93. The minimum absolute atomic E-state index is 0.000231. The zero-order valence-corrected chi connectivity index (χ0v) is 11.2. The van der Waals surface area contributed by atoms with Crippen molar-refractivity contribution in [3.8, 4) is 0 Å². The average Bonchev–Trinajstić information content (AvgIpc) is 2.47. The summed E-state index contributed by atoms with van der Waals surface area (Å²) in [6.07, 6.45) is 0. The number of non-ortho nitro benzene ring substituents is 1. The molecule has 0 saturated heterocycles. The van der Waals surface area contributed by atoms with Crippen LogP contribution in [0.15, 0.2) is 42.5 Å². The summed E-state index contributed by atoms with van der Waals surface area (Å²) in [5, 5.41) is 15.5. The van der Waals surface area contributed by atoms with Crippen molar-refractivity contribution in [2.75, 3.05) is 17.2 Å². The highest BCUT2D eigenvalue weighted by Gasteiger charge is 2.08. The zero-order chi connectivity index (χ0) is 16.1. The van der Waals surface area contributed by atoms with E-state index in [2.05, 4.69) is 10.6 Å². The second-order valence-corrected chi connectivity index (χ2v) is 4.33. The number of benzene rings is 2. The number of nitro benzene ring substituents is 1. The van der Waals surface area contributed by atoms with Crippen molar-refractivity contribution in [2.24, 2.45) is 0 Å². The maximum Gasteiger partial charge on any atom is 0.269 e. The molecule has 0 aliphatic heterocycles. The van der Waals surface area contributed by atoms with E-state index in [4.69, 9.17) is 0 Å². The van der Waals surface area contributed by atoms with Crippen LogP contribution in [0.5, 0.6) is 0 Å². The first-order chi connectivity index (χ1) is 10.5. The molecule has 0 aromatic heterocycles. The van der Waals surface area contributed by atoms with Crippen LogP contribution in [0.3, 0.4) is 0 Å². The summed E-state index contributed by atoms with van der Waals surface area (Å²) in [5.74, 6) is -1.99. The molecule has 2 rings (SSSR count). The Bertz CT molecular complexity index is 705. The molecule has 0 fully saturated rings. The number of nitrogens with one attached hydrogen (secondary N) is 2. The molecule has 0 radical (unpaired) electrons. The van der Waals surface area contributed by atoms with Crippen LogP contribution in [0.25, 0.3) is 0 Å². The summed E-state index contributed by atoms with van der Waals surface area (Å²) in [4.78, 5) is 21.6. The molecule has 2 aromatic rings. The Labute approximate surface area is 123 Å². The van der Waals surface area contributed by atoms with E-state index < -0.39 is 22.5 Å². The highest BCUT2D eigenvalue weighted by Crippen LogP contribution is 2.16. The minimum atomic E-state index is -0.803. The van der Waals surface area contributed by atoms with Crippen molar-refractivity contribution in [3.05, 3.63) is 64.2 Å². The Morgan fingerprint density at radius 1 is 1.14 bits per heavy atom. The van der Waals surface area contributed by atoms with Crippen LogP contribution in [-0.4, -0.2) is 17.4 Å². The molecule has 8 heteroatoms. The Hall–Kier alpha value is -3.03. The largest absolute Gasteiger partial charge is 0.374 e. The van der Waals surface area contributed by atoms with Gasteiger partial charge in [-0.15, -0.1) is 0 Å². The van der Waals surface area contributed by atoms with Crippen LogP contribution >= 0.6 is 0 Å². The Kier molecular flexibility index (Phi) is 4.62. The summed E-state index contributed by atoms with van der Waals surface area (Å²) in [7, 11) is 0. The predicted molar refractivity (Wildman–Crippen MR) is 76.6 cm³/mol. The summed E-state index contributed by atoms with van der Waals surface area (Å²) in [6, 6.07) is 8.23. The molecule has 114 valence electrons. The fraction of sp³-hybridized carbons (Fsp3) is 0.0714. The van der Waals surface area contributed by atoms with E-state index in [1.54, 1.807) is 0 Å². The van der Waals surface area contributed by atoms with E-state index in [9.17, 15) is 23.7 Å². The highest BCUT2D eigenvalue weighted by atomic mass is 19.1. The second kappa shape index (κ2) is 6.61. The lowest BCUT2D eigenvalue weighted by molar-refractivity contribution is -0.384. The van der Waals surface area contributed by atoms with Crippen molar-refractivity contribution in [3.63, 3.8) is 0 Å². The van der Waals surface area contributed by atoms with Crippen molar-refractivity contribution in [1.82, 2.24) is 0 Å². The standard InChI is InChI=1S/C14H11F2N3O3/c15-9-1-6-13(12(16)7-9)17-8-14(20)18-10-2-4-11(5-3-10)19(21)22/h1-7,17H,8H2,(H,18,20). The van der Waals surface area contributed by atoms with E-state index in [1.807, 2.05) is 0 Å². The maximum atomic E-state index is 13.3. The van der Waals surface area contributed by atoms with Crippen molar-refractivity contribution in [1.29, 1.82) is 0 Å².